The molecule has 4 rings (SSSR count). The molecule has 3 aromatic rings. The quantitative estimate of drug-likeness (QED) is 0.634. The van der Waals surface area contributed by atoms with Crippen LogP contribution in [-0.4, -0.2) is 35.3 Å². The van der Waals surface area contributed by atoms with E-state index in [2.05, 4.69) is 21.4 Å². The molecule has 2 aromatic heterocycles. The molecule has 1 amide bonds. The molecule has 1 atom stereocenters. The van der Waals surface area contributed by atoms with Crippen LogP contribution in [0.3, 0.4) is 0 Å². The highest BCUT2D eigenvalue weighted by atomic mass is 35.5. The van der Waals surface area contributed by atoms with E-state index in [1.54, 1.807) is 41.7 Å². The highest BCUT2D eigenvalue weighted by Gasteiger charge is 2.26. The van der Waals surface area contributed by atoms with Crippen LogP contribution in [0.1, 0.15) is 17.7 Å². The Bertz CT molecular complexity index is 1070. The van der Waals surface area contributed by atoms with Gasteiger partial charge in [0.2, 0.25) is 5.91 Å². The Labute approximate surface area is 184 Å². The van der Waals surface area contributed by atoms with Gasteiger partial charge in [-0.2, -0.15) is 4.68 Å². The van der Waals surface area contributed by atoms with Crippen molar-refractivity contribution in [2.24, 2.45) is 5.92 Å². The minimum atomic E-state index is -0.221. The number of amides is 1. The van der Waals surface area contributed by atoms with E-state index < -0.39 is 0 Å². The molecule has 0 bridgehead atoms. The highest BCUT2D eigenvalue weighted by Crippen LogP contribution is 2.22. The van der Waals surface area contributed by atoms with E-state index in [4.69, 9.17) is 11.6 Å². The summed E-state index contributed by atoms with van der Waals surface area (Å²) in [6.45, 7) is 2.04. The Morgan fingerprint density at radius 1 is 1.23 bits per heavy atom. The van der Waals surface area contributed by atoms with Gasteiger partial charge in [0.05, 0.1) is 11.6 Å². The zero-order valence-electron chi connectivity index (χ0n) is 16.5. The Morgan fingerprint density at radius 2 is 2.13 bits per heavy atom. The molecule has 1 aromatic carbocycles. The standard InChI is InChI=1S/C22H23ClN4O2S/c23-17-5-1-6-18(14-17)27-21(28)9-8-20(25-27)26-12-2-4-16(15-26)22(29)24-11-10-19-7-3-13-30-19/h1,3,5-9,13-14,16H,2,4,10-12,15H2,(H,24,29). The summed E-state index contributed by atoms with van der Waals surface area (Å²) in [5.41, 5.74) is 0.398. The second-order valence-corrected chi connectivity index (χ2v) is 8.80. The maximum atomic E-state index is 12.7. The summed E-state index contributed by atoms with van der Waals surface area (Å²) >= 11 is 7.77. The molecule has 1 N–H and O–H groups in total. The maximum absolute atomic E-state index is 12.7. The normalized spacial score (nSPS) is 16.4. The molecule has 1 aliphatic heterocycles. The first-order chi connectivity index (χ1) is 14.6. The average Bonchev–Trinajstić information content (AvgIpc) is 3.27. The van der Waals surface area contributed by atoms with E-state index in [0.717, 1.165) is 25.8 Å². The number of carbonyl (C=O) groups is 1. The fourth-order valence-electron chi connectivity index (χ4n) is 3.67. The van der Waals surface area contributed by atoms with Crippen LogP contribution in [0.2, 0.25) is 5.02 Å². The predicted octanol–water partition coefficient (Wildman–Crippen LogP) is 3.52. The lowest BCUT2D eigenvalue weighted by molar-refractivity contribution is -0.125. The Kier molecular flexibility index (Phi) is 6.50. The van der Waals surface area contributed by atoms with Gasteiger partial charge in [-0.25, -0.2) is 0 Å². The average molecular weight is 443 g/mol. The van der Waals surface area contributed by atoms with Crippen molar-refractivity contribution < 1.29 is 4.79 Å². The molecule has 1 aliphatic rings. The molecule has 0 saturated carbocycles. The minimum absolute atomic E-state index is 0.0828. The number of nitrogens with zero attached hydrogens (tertiary/aromatic N) is 3. The predicted molar refractivity (Wildman–Crippen MR) is 121 cm³/mol. The van der Waals surface area contributed by atoms with E-state index in [1.165, 1.54) is 15.6 Å². The number of aromatic nitrogens is 2. The van der Waals surface area contributed by atoms with Crippen LogP contribution in [0.25, 0.3) is 5.69 Å². The van der Waals surface area contributed by atoms with Gasteiger partial charge in [-0.1, -0.05) is 23.7 Å². The van der Waals surface area contributed by atoms with Crippen LogP contribution in [0.5, 0.6) is 0 Å². The molecule has 156 valence electrons. The van der Waals surface area contributed by atoms with Gasteiger partial charge in [0.1, 0.15) is 5.82 Å². The number of rotatable bonds is 6. The van der Waals surface area contributed by atoms with E-state index in [-0.39, 0.29) is 17.4 Å². The number of thiophene rings is 1. The molecule has 30 heavy (non-hydrogen) atoms. The molecule has 1 unspecified atom stereocenters. The first-order valence-corrected chi connectivity index (χ1v) is 11.3. The molecule has 6 nitrogen and oxygen atoms in total. The smallest absolute Gasteiger partial charge is 0.271 e. The Morgan fingerprint density at radius 3 is 2.93 bits per heavy atom. The van der Waals surface area contributed by atoms with Crippen molar-refractivity contribution in [2.75, 3.05) is 24.5 Å². The number of halogens is 1. The number of piperidine rings is 1. The fraction of sp³-hybridized carbons (Fsp3) is 0.318. The largest absolute Gasteiger partial charge is 0.355 e. The number of anilines is 1. The zero-order chi connectivity index (χ0) is 20.9. The summed E-state index contributed by atoms with van der Waals surface area (Å²) in [5, 5.41) is 10.2. The topological polar surface area (TPSA) is 67.2 Å². The first kappa shape index (κ1) is 20.6. The van der Waals surface area contributed by atoms with E-state index in [1.807, 2.05) is 11.4 Å². The van der Waals surface area contributed by atoms with Crippen LogP contribution in [0.15, 0.2) is 58.7 Å². The molecular weight excluding hydrogens is 420 g/mol. The van der Waals surface area contributed by atoms with Crippen molar-refractivity contribution in [3.8, 4) is 5.69 Å². The molecule has 1 saturated heterocycles. The SMILES string of the molecule is O=C(NCCc1cccs1)C1CCCN(c2ccc(=O)n(-c3cccc(Cl)c3)n2)C1. The number of nitrogens with one attached hydrogen (secondary N) is 1. The summed E-state index contributed by atoms with van der Waals surface area (Å²) in [4.78, 5) is 28.3. The van der Waals surface area contributed by atoms with Gasteiger partial charge in [0.25, 0.3) is 5.56 Å². The maximum Gasteiger partial charge on any atom is 0.271 e. The van der Waals surface area contributed by atoms with Gasteiger partial charge < -0.3 is 10.2 Å². The summed E-state index contributed by atoms with van der Waals surface area (Å²) in [7, 11) is 0. The molecule has 1 fully saturated rings. The van der Waals surface area contributed by atoms with Gasteiger partial charge in [0, 0.05) is 35.6 Å². The lowest BCUT2D eigenvalue weighted by Gasteiger charge is -2.32. The van der Waals surface area contributed by atoms with Crippen LogP contribution in [0, 0.1) is 5.92 Å². The third-order valence-corrected chi connectivity index (χ3v) is 6.38. The van der Waals surface area contributed by atoms with Gasteiger partial charge in [0.15, 0.2) is 0 Å². The Balaban J connectivity index is 1.43. The van der Waals surface area contributed by atoms with Crippen molar-refractivity contribution in [1.82, 2.24) is 15.1 Å². The van der Waals surface area contributed by atoms with Crippen molar-refractivity contribution in [3.05, 3.63) is 74.2 Å². The van der Waals surface area contributed by atoms with Crippen LogP contribution >= 0.6 is 22.9 Å². The van der Waals surface area contributed by atoms with Gasteiger partial charge in [-0.3, -0.25) is 9.59 Å². The summed E-state index contributed by atoms with van der Waals surface area (Å²) in [6, 6.07) is 14.4. The van der Waals surface area contributed by atoms with Crippen molar-refractivity contribution in [1.29, 1.82) is 0 Å². The first-order valence-electron chi connectivity index (χ1n) is 10.0. The van der Waals surface area contributed by atoms with Gasteiger partial charge in [-0.05, 0) is 55.0 Å². The molecule has 0 radical (unpaired) electrons. The zero-order valence-corrected chi connectivity index (χ0v) is 18.0. The lowest BCUT2D eigenvalue weighted by Crippen LogP contribution is -2.44. The summed E-state index contributed by atoms with van der Waals surface area (Å²) in [5.74, 6) is 0.681. The Hall–Kier alpha value is -2.64. The van der Waals surface area contributed by atoms with E-state index in [0.29, 0.717) is 29.6 Å². The molecular formula is C22H23ClN4O2S. The third-order valence-electron chi connectivity index (χ3n) is 5.21. The number of carbonyl (C=O) groups excluding carboxylic acids is 1. The van der Waals surface area contributed by atoms with Crippen molar-refractivity contribution >= 4 is 34.7 Å². The number of benzene rings is 1. The van der Waals surface area contributed by atoms with Crippen molar-refractivity contribution in [2.45, 2.75) is 19.3 Å². The van der Waals surface area contributed by atoms with E-state index >= 15 is 0 Å². The number of hydrogen-bond donors (Lipinski definition) is 1. The minimum Gasteiger partial charge on any atom is -0.355 e. The highest BCUT2D eigenvalue weighted by molar-refractivity contribution is 7.09. The third kappa shape index (κ3) is 4.91. The van der Waals surface area contributed by atoms with Crippen LogP contribution in [-0.2, 0) is 11.2 Å². The molecule has 8 heteroatoms. The van der Waals surface area contributed by atoms with Gasteiger partial charge >= 0.3 is 0 Å². The van der Waals surface area contributed by atoms with Crippen molar-refractivity contribution in [3.63, 3.8) is 0 Å². The molecule has 3 heterocycles. The lowest BCUT2D eigenvalue weighted by atomic mass is 9.97. The molecule has 0 aliphatic carbocycles. The second-order valence-electron chi connectivity index (χ2n) is 7.33. The van der Waals surface area contributed by atoms with E-state index in [9.17, 15) is 9.59 Å². The van der Waals surface area contributed by atoms with Crippen LogP contribution < -0.4 is 15.8 Å². The van der Waals surface area contributed by atoms with Crippen LogP contribution in [0.4, 0.5) is 5.82 Å². The fourth-order valence-corrected chi connectivity index (χ4v) is 4.56. The monoisotopic (exact) mass is 442 g/mol. The summed E-state index contributed by atoms with van der Waals surface area (Å²) < 4.78 is 1.35. The summed E-state index contributed by atoms with van der Waals surface area (Å²) in [6.07, 6.45) is 2.61. The van der Waals surface area contributed by atoms with Gasteiger partial charge in [-0.15, -0.1) is 16.4 Å². The molecule has 0 spiro atoms. The number of hydrogen-bond acceptors (Lipinski definition) is 5. The second kappa shape index (κ2) is 9.45.